The molecule has 0 spiro atoms. The predicted octanol–water partition coefficient (Wildman–Crippen LogP) is 2.15. The van der Waals surface area contributed by atoms with Crippen LogP contribution in [0.25, 0.3) is 0 Å². The van der Waals surface area contributed by atoms with Crippen LogP contribution in [0.2, 0.25) is 0 Å². The Morgan fingerprint density at radius 2 is 2.18 bits per heavy atom. The molecule has 17 heavy (non-hydrogen) atoms. The fourth-order valence-corrected chi connectivity index (χ4v) is 1.77. The summed E-state index contributed by atoms with van der Waals surface area (Å²) in [4.78, 5) is 12.8. The molecule has 1 N–H and O–H groups in total. The lowest BCUT2D eigenvalue weighted by molar-refractivity contribution is 0.0509. The second kappa shape index (κ2) is 6.66. The number of halogens is 3. The smallest absolute Gasteiger partial charge is 0.255 e. The molecule has 0 aliphatic rings. The van der Waals surface area contributed by atoms with Crippen molar-refractivity contribution in [3.05, 3.63) is 34.3 Å². The first-order valence-electron chi connectivity index (χ1n) is 4.98. The van der Waals surface area contributed by atoms with Crippen LogP contribution in [0.5, 0.6) is 0 Å². The standard InChI is InChI=1S/C11H12BrF2NO2/c12-9-3-1-2-8(6-9)11(17)15(4-5-16)7-10(13)14/h1-3,6,10,16H,4-5,7H2. The summed E-state index contributed by atoms with van der Waals surface area (Å²) < 4.78 is 25.3. The summed E-state index contributed by atoms with van der Waals surface area (Å²) in [6.07, 6.45) is -2.61. The van der Waals surface area contributed by atoms with Crippen LogP contribution < -0.4 is 0 Å². The number of carbonyl (C=O) groups excluding carboxylic acids is 1. The molecule has 0 aromatic heterocycles. The average molecular weight is 308 g/mol. The van der Waals surface area contributed by atoms with E-state index in [2.05, 4.69) is 15.9 Å². The Labute approximate surface area is 106 Å². The fraction of sp³-hybridized carbons (Fsp3) is 0.364. The van der Waals surface area contributed by atoms with E-state index in [4.69, 9.17) is 5.11 Å². The van der Waals surface area contributed by atoms with Crippen LogP contribution in [0.1, 0.15) is 10.4 Å². The molecule has 94 valence electrons. The zero-order valence-electron chi connectivity index (χ0n) is 8.94. The predicted molar refractivity (Wildman–Crippen MR) is 63.1 cm³/mol. The van der Waals surface area contributed by atoms with Crippen molar-refractivity contribution in [1.82, 2.24) is 4.90 Å². The highest BCUT2D eigenvalue weighted by molar-refractivity contribution is 9.10. The van der Waals surface area contributed by atoms with Crippen LogP contribution in [0.4, 0.5) is 8.78 Å². The molecule has 1 rings (SSSR count). The van der Waals surface area contributed by atoms with Gasteiger partial charge in [0.15, 0.2) is 0 Å². The normalized spacial score (nSPS) is 10.6. The maximum Gasteiger partial charge on any atom is 0.255 e. The molecule has 0 atom stereocenters. The molecule has 0 saturated heterocycles. The summed E-state index contributed by atoms with van der Waals surface area (Å²) in [5.74, 6) is -0.513. The van der Waals surface area contributed by atoms with E-state index in [0.717, 1.165) is 4.90 Å². The van der Waals surface area contributed by atoms with Gasteiger partial charge in [0, 0.05) is 16.6 Å². The second-order valence-electron chi connectivity index (χ2n) is 3.38. The molecular weight excluding hydrogens is 296 g/mol. The van der Waals surface area contributed by atoms with Gasteiger partial charge in [-0.15, -0.1) is 0 Å². The Hall–Kier alpha value is -1.01. The minimum Gasteiger partial charge on any atom is -0.395 e. The van der Waals surface area contributed by atoms with Gasteiger partial charge in [-0.25, -0.2) is 8.78 Å². The van der Waals surface area contributed by atoms with Crippen LogP contribution in [-0.2, 0) is 0 Å². The zero-order valence-corrected chi connectivity index (χ0v) is 10.5. The number of hydrogen-bond donors (Lipinski definition) is 1. The maximum absolute atomic E-state index is 12.3. The van der Waals surface area contributed by atoms with Crippen LogP contribution >= 0.6 is 15.9 Å². The summed E-state index contributed by atoms with van der Waals surface area (Å²) >= 11 is 3.20. The average Bonchev–Trinajstić information content (AvgIpc) is 2.27. The van der Waals surface area contributed by atoms with Crippen LogP contribution in [0, 0.1) is 0 Å². The molecule has 0 aliphatic heterocycles. The molecule has 0 unspecified atom stereocenters. The van der Waals surface area contributed by atoms with Crippen LogP contribution in [0.3, 0.4) is 0 Å². The minimum absolute atomic E-state index is 0.102. The van der Waals surface area contributed by atoms with Crippen LogP contribution in [-0.4, -0.2) is 42.0 Å². The lowest BCUT2D eigenvalue weighted by Crippen LogP contribution is -2.37. The van der Waals surface area contributed by atoms with Gasteiger partial charge in [0.1, 0.15) is 0 Å². The molecule has 3 nitrogen and oxygen atoms in total. The second-order valence-corrected chi connectivity index (χ2v) is 4.29. The van der Waals surface area contributed by atoms with Crippen LogP contribution in [0.15, 0.2) is 28.7 Å². The van der Waals surface area contributed by atoms with E-state index in [9.17, 15) is 13.6 Å². The van der Waals surface area contributed by atoms with E-state index in [1.807, 2.05) is 0 Å². The molecule has 1 aromatic carbocycles. The quantitative estimate of drug-likeness (QED) is 0.905. The SMILES string of the molecule is O=C(c1cccc(Br)c1)N(CCO)CC(F)F. The van der Waals surface area contributed by atoms with Gasteiger partial charge in [-0.3, -0.25) is 4.79 Å². The lowest BCUT2D eigenvalue weighted by atomic mass is 10.2. The zero-order chi connectivity index (χ0) is 12.8. The van der Waals surface area contributed by atoms with Gasteiger partial charge in [-0.2, -0.15) is 0 Å². The van der Waals surface area contributed by atoms with E-state index >= 15 is 0 Å². The Balaban J connectivity index is 2.83. The number of hydrogen-bond acceptors (Lipinski definition) is 2. The van der Waals surface area contributed by atoms with E-state index in [1.165, 1.54) is 0 Å². The molecule has 0 bridgehead atoms. The van der Waals surface area contributed by atoms with Crippen molar-refractivity contribution in [3.8, 4) is 0 Å². The van der Waals surface area contributed by atoms with Gasteiger partial charge in [-0.05, 0) is 18.2 Å². The fourth-order valence-electron chi connectivity index (χ4n) is 1.37. The van der Waals surface area contributed by atoms with Gasteiger partial charge >= 0.3 is 0 Å². The van der Waals surface area contributed by atoms with Gasteiger partial charge in [0.05, 0.1) is 13.2 Å². The molecule has 0 heterocycles. The van der Waals surface area contributed by atoms with Crippen molar-refractivity contribution >= 4 is 21.8 Å². The molecule has 6 heteroatoms. The highest BCUT2D eigenvalue weighted by atomic mass is 79.9. The highest BCUT2D eigenvalue weighted by Gasteiger charge is 2.19. The third kappa shape index (κ3) is 4.40. The first kappa shape index (κ1) is 14.1. The maximum atomic E-state index is 12.3. The van der Waals surface area contributed by atoms with Crippen molar-refractivity contribution in [2.24, 2.45) is 0 Å². The Morgan fingerprint density at radius 3 is 2.71 bits per heavy atom. The summed E-state index contributed by atoms with van der Waals surface area (Å²) in [5.41, 5.74) is 0.313. The number of rotatable bonds is 5. The summed E-state index contributed by atoms with van der Waals surface area (Å²) in [6, 6.07) is 6.48. The monoisotopic (exact) mass is 307 g/mol. The van der Waals surface area contributed by atoms with E-state index in [1.54, 1.807) is 24.3 Å². The molecule has 1 amide bonds. The van der Waals surface area contributed by atoms with E-state index < -0.39 is 18.9 Å². The number of amides is 1. The summed E-state index contributed by atoms with van der Waals surface area (Å²) in [5, 5.41) is 8.75. The molecule has 0 fully saturated rings. The molecular formula is C11H12BrF2NO2. The number of alkyl halides is 2. The summed E-state index contributed by atoms with van der Waals surface area (Å²) in [7, 11) is 0. The number of carbonyl (C=O) groups is 1. The van der Waals surface area contributed by atoms with Crippen molar-refractivity contribution in [1.29, 1.82) is 0 Å². The minimum atomic E-state index is -2.61. The Kier molecular flexibility index (Phi) is 5.50. The van der Waals surface area contributed by atoms with E-state index in [-0.39, 0.29) is 13.2 Å². The number of aliphatic hydroxyl groups is 1. The number of aliphatic hydroxyl groups excluding tert-OH is 1. The number of nitrogens with zero attached hydrogens (tertiary/aromatic N) is 1. The van der Waals surface area contributed by atoms with Crippen molar-refractivity contribution in [2.75, 3.05) is 19.7 Å². The van der Waals surface area contributed by atoms with Crippen molar-refractivity contribution in [3.63, 3.8) is 0 Å². The van der Waals surface area contributed by atoms with Gasteiger partial charge in [-0.1, -0.05) is 22.0 Å². The largest absolute Gasteiger partial charge is 0.395 e. The van der Waals surface area contributed by atoms with E-state index in [0.29, 0.717) is 10.0 Å². The lowest BCUT2D eigenvalue weighted by Gasteiger charge is -2.21. The Morgan fingerprint density at radius 1 is 1.47 bits per heavy atom. The third-order valence-corrected chi connectivity index (χ3v) is 2.58. The first-order valence-corrected chi connectivity index (χ1v) is 5.77. The topological polar surface area (TPSA) is 40.5 Å². The molecule has 0 saturated carbocycles. The van der Waals surface area contributed by atoms with Gasteiger partial charge < -0.3 is 10.0 Å². The first-order chi connectivity index (χ1) is 8.04. The highest BCUT2D eigenvalue weighted by Crippen LogP contribution is 2.14. The summed E-state index contributed by atoms with van der Waals surface area (Å²) in [6.45, 7) is -1.12. The molecule has 0 aliphatic carbocycles. The molecule has 0 radical (unpaired) electrons. The Bertz CT molecular complexity index is 387. The van der Waals surface area contributed by atoms with Crippen molar-refractivity contribution < 1.29 is 18.7 Å². The van der Waals surface area contributed by atoms with Gasteiger partial charge in [0.2, 0.25) is 0 Å². The van der Waals surface area contributed by atoms with Gasteiger partial charge in [0.25, 0.3) is 12.3 Å². The third-order valence-electron chi connectivity index (χ3n) is 2.09. The number of benzene rings is 1. The van der Waals surface area contributed by atoms with Crippen molar-refractivity contribution in [2.45, 2.75) is 6.43 Å². The molecule has 1 aromatic rings.